The summed E-state index contributed by atoms with van der Waals surface area (Å²) in [6.07, 6.45) is 1.64. The normalized spacial score (nSPS) is 12.8. The molecule has 0 aliphatic carbocycles. The molecule has 94 valence electrons. The molecule has 0 fully saturated rings. The molecule has 0 radical (unpaired) electrons. The van der Waals surface area contributed by atoms with Gasteiger partial charge in [0.2, 0.25) is 0 Å². The van der Waals surface area contributed by atoms with E-state index in [9.17, 15) is 4.79 Å². The maximum Gasteiger partial charge on any atom is 0.407 e. The molecule has 0 atom stereocenters. The van der Waals surface area contributed by atoms with Gasteiger partial charge in [-0.1, -0.05) is 41.4 Å². The van der Waals surface area contributed by atoms with Crippen LogP contribution >= 0.6 is 15.9 Å². The van der Waals surface area contributed by atoms with Crippen LogP contribution < -0.4 is 5.32 Å². The zero-order valence-corrected chi connectivity index (χ0v) is 12.3. The standard InChI is InChI=1S/C12H22BrNO2/c1-9(2)10(8-13)6-7-14-11(15)16-12(3,4)5/h6,9H,7-8H2,1-5H3,(H,14,15)/b10-6-. The van der Waals surface area contributed by atoms with E-state index in [1.165, 1.54) is 5.57 Å². The molecular weight excluding hydrogens is 270 g/mol. The second-order valence-electron chi connectivity index (χ2n) is 4.95. The Morgan fingerprint density at radius 3 is 2.38 bits per heavy atom. The molecule has 0 aromatic carbocycles. The summed E-state index contributed by atoms with van der Waals surface area (Å²) in [7, 11) is 0. The molecule has 0 spiro atoms. The lowest BCUT2D eigenvalue weighted by Crippen LogP contribution is -2.32. The highest BCUT2D eigenvalue weighted by Crippen LogP contribution is 2.11. The topological polar surface area (TPSA) is 38.3 Å². The van der Waals surface area contributed by atoms with Crippen LogP contribution in [0.4, 0.5) is 4.79 Å². The summed E-state index contributed by atoms with van der Waals surface area (Å²) >= 11 is 3.42. The van der Waals surface area contributed by atoms with Crippen molar-refractivity contribution in [3.8, 4) is 0 Å². The average Bonchev–Trinajstić information content (AvgIpc) is 2.08. The van der Waals surface area contributed by atoms with Crippen LogP contribution in [0.1, 0.15) is 34.6 Å². The Kier molecular flexibility index (Phi) is 6.72. The zero-order chi connectivity index (χ0) is 12.8. The van der Waals surface area contributed by atoms with E-state index in [2.05, 4.69) is 35.1 Å². The molecule has 0 aromatic rings. The molecular formula is C12H22BrNO2. The number of alkyl halides is 1. The van der Waals surface area contributed by atoms with E-state index in [4.69, 9.17) is 4.74 Å². The molecule has 0 unspecified atom stereocenters. The van der Waals surface area contributed by atoms with Gasteiger partial charge in [-0.15, -0.1) is 0 Å². The van der Waals surface area contributed by atoms with Crippen molar-refractivity contribution in [2.24, 2.45) is 5.92 Å². The fourth-order valence-electron chi connectivity index (χ4n) is 1.02. The Morgan fingerprint density at radius 2 is 2.00 bits per heavy atom. The molecule has 4 heteroatoms. The van der Waals surface area contributed by atoms with Gasteiger partial charge in [0.1, 0.15) is 5.60 Å². The largest absolute Gasteiger partial charge is 0.444 e. The summed E-state index contributed by atoms with van der Waals surface area (Å²) in [6, 6.07) is 0. The Hall–Kier alpha value is -0.510. The lowest BCUT2D eigenvalue weighted by molar-refractivity contribution is 0.0534. The molecule has 0 saturated carbocycles. The summed E-state index contributed by atoms with van der Waals surface area (Å²) in [5.41, 5.74) is 0.834. The van der Waals surface area contributed by atoms with Crippen molar-refractivity contribution >= 4 is 22.0 Å². The third-order valence-corrected chi connectivity index (χ3v) is 2.55. The summed E-state index contributed by atoms with van der Waals surface area (Å²) in [5.74, 6) is 0.486. The first-order chi connectivity index (χ1) is 7.26. The van der Waals surface area contributed by atoms with Crippen LogP contribution in [0.3, 0.4) is 0 Å². The van der Waals surface area contributed by atoms with Gasteiger partial charge in [0.15, 0.2) is 0 Å². The average molecular weight is 292 g/mol. The smallest absolute Gasteiger partial charge is 0.407 e. The van der Waals surface area contributed by atoms with Crippen LogP contribution in [0.15, 0.2) is 11.6 Å². The molecule has 16 heavy (non-hydrogen) atoms. The minimum absolute atomic E-state index is 0.374. The van der Waals surface area contributed by atoms with E-state index in [1.54, 1.807) is 0 Å². The number of carbonyl (C=O) groups excluding carboxylic acids is 1. The van der Waals surface area contributed by atoms with E-state index >= 15 is 0 Å². The van der Waals surface area contributed by atoms with Crippen molar-refractivity contribution < 1.29 is 9.53 Å². The van der Waals surface area contributed by atoms with Crippen molar-refractivity contribution in [1.29, 1.82) is 0 Å². The first kappa shape index (κ1) is 15.5. The molecule has 3 nitrogen and oxygen atoms in total. The summed E-state index contributed by atoms with van der Waals surface area (Å²) in [5, 5.41) is 3.53. The minimum atomic E-state index is -0.440. The molecule has 0 aliphatic heterocycles. The third-order valence-electron chi connectivity index (χ3n) is 1.91. The van der Waals surface area contributed by atoms with Crippen LogP contribution in [0.25, 0.3) is 0 Å². The van der Waals surface area contributed by atoms with Gasteiger partial charge in [-0.2, -0.15) is 0 Å². The summed E-state index contributed by atoms with van der Waals surface area (Å²) < 4.78 is 5.12. The Balaban J connectivity index is 4.02. The number of allylic oxidation sites excluding steroid dienone is 1. The number of halogens is 1. The molecule has 1 amide bonds. The second kappa shape index (κ2) is 6.94. The Morgan fingerprint density at radius 1 is 1.44 bits per heavy atom. The van der Waals surface area contributed by atoms with Crippen LogP contribution in [0.5, 0.6) is 0 Å². The van der Waals surface area contributed by atoms with Gasteiger partial charge in [-0.25, -0.2) is 4.79 Å². The number of nitrogens with one attached hydrogen (secondary N) is 1. The quantitative estimate of drug-likeness (QED) is 0.636. The maximum absolute atomic E-state index is 11.3. The lowest BCUT2D eigenvalue weighted by atomic mass is 10.1. The maximum atomic E-state index is 11.3. The van der Waals surface area contributed by atoms with Crippen LogP contribution in [-0.4, -0.2) is 23.6 Å². The predicted molar refractivity (Wildman–Crippen MR) is 71.0 cm³/mol. The third kappa shape index (κ3) is 7.74. The predicted octanol–water partition coefficient (Wildman–Crippen LogP) is 3.49. The fourth-order valence-corrected chi connectivity index (χ4v) is 1.90. The monoisotopic (exact) mass is 291 g/mol. The van der Waals surface area contributed by atoms with Crippen molar-refractivity contribution in [3.05, 3.63) is 11.6 Å². The van der Waals surface area contributed by atoms with Gasteiger partial charge in [0.25, 0.3) is 0 Å². The van der Waals surface area contributed by atoms with E-state index in [0.29, 0.717) is 12.5 Å². The Labute approximate surface area is 107 Å². The molecule has 0 bridgehead atoms. The van der Waals surface area contributed by atoms with E-state index in [1.807, 2.05) is 26.8 Å². The van der Waals surface area contributed by atoms with Crippen molar-refractivity contribution in [3.63, 3.8) is 0 Å². The number of alkyl carbamates (subject to hydrolysis) is 1. The Bertz CT molecular complexity index is 254. The van der Waals surface area contributed by atoms with Crippen LogP contribution in [0.2, 0.25) is 0 Å². The van der Waals surface area contributed by atoms with Crippen molar-refractivity contribution in [2.75, 3.05) is 11.9 Å². The number of carbonyl (C=O) groups is 1. The van der Waals surface area contributed by atoms with Gasteiger partial charge >= 0.3 is 6.09 Å². The highest BCUT2D eigenvalue weighted by atomic mass is 79.9. The van der Waals surface area contributed by atoms with Gasteiger partial charge in [-0.3, -0.25) is 0 Å². The lowest BCUT2D eigenvalue weighted by Gasteiger charge is -2.19. The SMILES string of the molecule is CC(C)/C(=C\CNC(=O)OC(C)(C)C)CBr. The van der Waals surface area contributed by atoms with Gasteiger partial charge in [0.05, 0.1) is 0 Å². The number of hydrogen-bond donors (Lipinski definition) is 1. The number of rotatable bonds is 4. The fraction of sp³-hybridized carbons (Fsp3) is 0.750. The first-order valence-corrected chi connectivity index (χ1v) is 6.60. The molecule has 0 aliphatic rings. The first-order valence-electron chi connectivity index (χ1n) is 5.48. The van der Waals surface area contributed by atoms with Crippen LogP contribution in [0, 0.1) is 5.92 Å². The molecule has 0 heterocycles. The van der Waals surface area contributed by atoms with Crippen LogP contribution in [-0.2, 0) is 4.74 Å². The summed E-state index contributed by atoms with van der Waals surface area (Å²) in [4.78, 5) is 11.3. The van der Waals surface area contributed by atoms with E-state index in [-0.39, 0.29) is 6.09 Å². The number of ether oxygens (including phenoxy) is 1. The van der Waals surface area contributed by atoms with Gasteiger partial charge in [-0.05, 0) is 26.7 Å². The molecule has 0 aromatic heterocycles. The van der Waals surface area contributed by atoms with E-state index < -0.39 is 5.60 Å². The summed E-state index contributed by atoms with van der Waals surface area (Å²) in [6.45, 7) is 10.3. The van der Waals surface area contributed by atoms with Crippen molar-refractivity contribution in [1.82, 2.24) is 5.32 Å². The molecule has 0 saturated heterocycles. The highest BCUT2D eigenvalue weighted by molar-refractivity contribution is 9.09. The number of hydrogen-bond acceptors (Lipinski definition) is 2. The zero-order valence-electron chi connectivity index (χ0n) is 10.8. The van der Waals surface area contributed by atoms with Gasteiger partial charge in [0, 0.05) is 11.9 Å². The molecule has 0 rings (SSSR count). The molecule has 1 N–H and O–H groups in total. The number of amides is 1. The second-order valence-corrected chi connectivity index (χ2v) is 5.51. The highest BCUT2D eigenvalue weighted by Gasteiger charge is 2.15. The van der Waals surface area contributed by atoms with Gasteiger partial charge < -0.3 is 10.1 Å². The van der Waals surface area contributed by atoms with E-state index in [0.717, 1.165) is 5.33 Å². The minimum Gasteiger partial charge on any atom is -0.444 e. The van der Waals surface area contributed by atoms with Crippen molar-refractivity contribution in [2.45, 2.75) is 40.2 Å².